The molecule has 2 aromatic rings. The van der Waals surface area contributed by atoms with Gasteiger partial charge < -0.3 is 4.90 Å². The number of hydrogen-bond acceptors (Lipinski definition) is 6. The molecule has 122 valence electrons. The summed E-state index contributed by atoms with van der Waals surface area (Å²) in [4.78, 5) is 18.2. The summed E-state index contributed by atoms with van der Waals surface area (Å²) in [5.74, 6) is 0. The number of fused-ring (bicyclic) bond motifs is 1. The molecule has 24 heavy (non-hydrogen) atoms. The van der Waals surface area contributed by atoms with E-state index in [1.165, 1.54) is 10.9 Å². The average Bonchev–Trinajstić information content (AvgIpc) is 3.12. The zero-order valence-electron chi connectivity index (χ0n) is 13.4. The monoisotopic (exact) mass is 340 g/mol. The Morgan fingerprint density at radius 2 is 2.21 bits per heavy atom. The first-order valence-corrected chi connectivity index (χ1v) is 8.37. The van der Waals surface area contributed by atoms with Gasteiger partial charge in [-0.1, -0.05) is 6.07 Å². The number of anilines is 1. The summed E-state index contributed by atoms with van der Waals surface area (Å²) in [6.07, 6.45) is 4.63. The Morgan fingerprint density at radius 3 is 2.88 bits per heavy atom. The van der Waals surface area contributed by atoms with Crippen molar-refractivity contribution in [2.24, 2.45) is 4.99 Å². The maximum atomic E-state index is 11.2. The van der Waals surface area contributed by atoms with Crippen molar-refractivity contribution in [3.63, 3.8) is 0 Å². The van der Waals surface area contributed by atoms with Crippen LogP contribution >= 0.6 is 11.3 Å². The maximum Gasteiger partial charge on any atom is 0.293 e. The van der Waals surface area contributed by atoms with Crippen molar-refractivity contribution in [3.05, 3.63) is 49.9 Å². The lowest BCUT2D eigenvalue weighted by molar-refractivity contribution is -0.384. The van der Waals surface area contributed by atoms with Crippen LogP contribution in [0.1, 0.15) is 28.0 Å². The molecule has 0 aliphatic heterocycles. The Labute approximate surface area is 143 Å². The lowest BCUT2D eigenvalue weighted by Crippen LogP contribution is -2.11. The summed E-state index contributed by atoms with van der Waals surface area (Å²) in [7, 11) is 3.53. The molecular weight excluding hydrogens is 324 g/mol. The molecule has 0 amide bonds. The normalized spacial score (nSPS) is 13.0. The highest BCUT2D eigenvalue weighted by Crippen LogP contribution is 2.40. The van der Waals surface area contributed by atoms with Crippen molar-refractivity contribution in [2.45, 2.75) is 19.3 Å². The van der Waals surface area contributed by atoms with Crippen LogP contribution in [-0.2, 0) is 12.8 Å². The molecule has 1 heterocycles. The van der Waals surface area contributed by atoms with Gasteiger partial charge in [0.05, 0.1) is 10.5 Å². The third kappa shape index (κ3) is 2.88. The van der Waals surface area contributed by atoms with Gasteiger partial charge in [-0.15, -0.1) is 11.3 Å². The van der Waals surface area contributed by atoms with Crippen molar-refractivity contribution < 1.29 is 4.92 Å². The van der Waals surface area contributed by atoms with Crippen molar-refractivity contribution in [2.75, 3.05) is 19.0 Å². The molecule has 0 bridgehead atoms. The highest BCUT2D eigenvalue weighted by Gasteiger charge is 2.21. The van der Waals surface area contributed by atoms with E-state index in [4.69, 9.17) is 0 Å². The van der Waals surface area contributed by atoms with Crippen LogP contribution in [0.4, 0.5) is 16.4 Å². The largest absolute Gasteiger partial charge is 0.372 e. The molecule has 7 heteroatoms. The van der Waals surface area contributed by atoms with Gasteiger partial charge in [0.1, 0.15) is 16.8 Å². The smallest absolute Gasteiger partial charge is 0.293 e. The lowest BCUT2D eigenvalue weighted by Gasteiger charge is -2.12. The lowest BCUT2D eigenvalue weighted by atomic mass is 10.1. The number of nitro groups is 1. The van der Waals surface area contributed by atoms with Gasteiger partial charge >= 0.3 is 0 Å². The van der Waals surface area contributed by atoms with Crippen molar-refractivity contribution in [1.82, 2.24) is 0 Å². The SMILES string of the molecule is CN(C)c1ccc(C=Nc2sc3c(c2C#N)CCC3)cc1[N+](=O)[O-]. The van der Waals surface area contributed by atoms with Crippen LogP contribution in [0.5, 0.6) is 0 Å². The highest BCUT2D eigenvalue weighted by atomic mass is 32.1. The quantitative estimate of drug-likeness (QED) is 0.481. The molecule has 0 spiro atoms. The molecule has 0 N–H and O–H groups in total. The standard InChI is InChI=1S/C17H16N4O2S/c1-20(2)14-7-6-11(8-15(14)21(22)23)10-19-17-13(9-18)12-4-3-5-16(12)24-17/h6-8,10H,3-5H2,1-2H3. The molecular formula is C17H16N4O2S. The van der Waals surface area contributed by atoms with E-state index >= 15 is 0 Å². The number of nitrogens with zero attached hydrogens (tertiary/aromatic N) is 4. The molecule has 1 aliphatic rings. The molecule has 1 aromatic carbocycles. The zero-order valence-corrected chi connectivity index (χ0v) is 14.3. The number of aliphatic imine (C=N–C) groups is 1. The van der Waals surface area contributed by atoms with Gasteiger partial charge in [0.15, 0.2) is 0 Å². The molecule has 0 unspecified atom stereocenters. The minimum absolute atomic E-state index is 0.0399. The van der Waals surface area contributed by atoms with E-state index in [0.717, 1.165) is 24.8 Å². The number of hydrogen-bond donors (Lipinski definition) is 0. The van der Waals surface area contributed by atoms with Gasteiger partial charge in [0.2, 0.25) is 0 Å². The molecule has 0 saturated carbocycles. The van der Waals surface area contributed by atoms with Crippen LogP contribution in [-0.4, -0.2) is 25.2 Å². The van der Waals surface area contributed by atoms with Gasteiger partial charge in [0, 0.05) is 31.3 Å². The van der Waals surface area contributed by atoms with Gasteiger partial charge in [-0.05, 0) is 36.5 Å². The topological polar surface area (TPSA) is 82.5 Å². The highest BCUT2D eigenvalue weighted by molar-refractivity contribution is 7.16. The van der Waals surface area contributed by atoms with Crippen molar-refractivity contribution in [1.29, 1.82) is 5.26 Å². The number of thiophene rings is 1. The van der Waals surface area contributed by atoms with E-state index in [-0.39, 0.29) is 5.69 Å². The molecule has 0 fully saturated rings. The van der Waals surface area contributed by atoms with E-state index in [0.29, 0.717) is 21.8 Å². The Hall–Kier alpha value is -2.72. The van der Waals surface area contributed by atoms with Gasteiger partial charge in [-0.2, -0.15) is 5.26 Å². The third-order valence-electron chi connectivity index (χ3n) is 4.02. The van der Waals surface area contributed by atoms with Crippen molar-refractivity contribution in [3.8, 4) is 6.07 Å². The summed E-state index contributed by atoms with van der Waals surface area (Å²) < 4.78 is 0. The van der Waals surface area contributed by atoms with Gasteiger partial charge in [-0.3, -0.25) is 10.1 Å². The molecule has 0 atom stereocenters. The molecule has 0 radical (unpaired) electrons. The van der Waals surface area contributed by atoms with E-state index in [1.807, 2.05) is 0 Å². The van der Waals surface area contributed by atoms with E-state index in [9.17, 15) is 15.4 Å². The molecule has 1 aromatic heterocycles. The average molecular weight is 340 g/mol. The fourth-order valence-electron chi connectivity index (χ4n) is 2.87. The summed E-state index contributed by atoms with van der Waals surface area (Å²) >= 11 is 1.55. The van der Waals surface area contributed by atoms with Crippen LogP contribution in [0.2, 0.25) is 0 Å². The number of nitro benzene ring substituents is 1. The first-order chi connectivity index (χ1) is 11.5. The van der Waals surface area contributed by atoms with Crippen molar-refractivity contribution >= 4 is 33.9 Å². The summed E-state index contributed by atoms with van der Waals surface area (Å²) in [5, 5.41) is 21.3. The molecule has 3 rings (SSSR count). The van der Waals surface area contributed by atoms with E-state index in [2.05, 4.69) is 11.1 Å². The zero-order chi connectivity index (χ0) is 17.3. The summed E-state index contributed by atoms with van der Waals surface area (Å²) in [5.41, 5.74) is 3.01. The minimum Gasteiger partial charge on any atom is -0.372 e. The minimum atomic E-state index is -0.396. The van der Waals surface area contributed by atoms with Crippen LogP contribution in [0.15, 0.2) is 23.2 Å². The van der Waals surface area contributed by atoms with Crippen LogP contribution < -0.4 is 4.90 Å². The van der Waals surface area contributed by atoms with Gasteiger partial charge in [-0.25, -0.2) is 4.99 Å². The third-order valence-corrected chi connectivity index (χ3v) is 5.22. The molecule has 6 nitrogen and oxygen atoms in total. The van der Waals surface area contributed by atoms with E-state index < -0.39 is 4.92 Å². The Morgan fingerprint density at radius 1 is 1.42 bits per heavy atom. The second-order valence-electron chi connectivity index (χ2n) is 5.81. The van der Waals surface area contributed by atoms with Gasteiger partial charge in [0.25, 0.3) is 5.69 Å². The number of nitriles is 1. The summed E-state index contributed by atoms with van der Waals surface area (Å²) in [6, 6.07) is 7.25. The Bertz CT molecular complexity index is 877. The first-order valence-electron chi connectivity index (χ1n) is 7.55. The fourth-order valence-corrected chi connectivity index (χ4v) is 4.06. The summed E-state index contributed by atoms with van der Waals surface area (Å²) in [6.45, 7) is 0. The second-order valence-corrected chi connectivity index (χ2v) is 6.89. The molecule has 0 saturated heterocycles. The second kappa shape index (κ2) is 6.42. The van der Waals surface area contributed by atoms with Crippen LogP contribution in [0, 0.1) is 21.4 Å². The molecule has 1 aliphatic carbocycles. The maximum absolute atomic E-state index is 11.2. The van der Waals surface area contributed by atoms with Crippen LogP contribution in [0.3, 0.4) is 0 Å². The van der Waals surface area contributed by atoms with Crippen LogP contribution in [0.25, 0.3) is 0 Å². The first kappa shape index (κ1) is 16.1. The fraction of sp³-hybridized carbons (Fsp3) is 0.294. The predicted molar refractivity (Wildman–Crippen MR) is 95.7 cm³/mol. The number of benzene rings is 1. The Balaban J connectivity index is 1.95. The predicted octanol–water partition coefficient (Wildman–Crippen LogP) is 3.83. The number of rotatable bonds is 4. The van der Waals surface area contributed by atoms with E-state index in [1.54, 1.807) is 48.7 Å². The number of aryl methyl sites for hydroxylation is 1. The Kier molecular flexibility index (Phi) is 4.32.